The van der Waals surface area contributed by atoms with E-state index in [9.17, 15) is 4.79 Å². The molecule has 3 aliphatic rings. The van der Waals surface area contributed by atoms with Gasteiger partial charge in [0, 0.05) is 36.3 Å². The minimum atomic E-state index is -1.80. The van der Waals surface area contributed by atoms with E-state index < -0.39 is 5.67 Å². The third-order valence-electron chi connectivity index (χ3n) is 5.00. The van der Waals surface area contributed by atoms with Crippen LogP contribution >= 0.6 is 11.3 Å². The first kappa shape index (κ1) is 14.3. The Kier molecular flexibility index (Phi) is 3.54. The Labute approximate surface area is 134 Å². The van der Waals surface area contributed by atoms with Gasteiger partial charge in [-0.2, -0.15) is 0 Å². The van der Waals surface area contributed by atoms with Gasteiger partial charge >= 0.3 is 0 Å². The second kappa shape index (κ2) is 5.43. The van der Waals surface area contributed by atoms with E-state index >= 15 is 4.39 Å². The van der Waals surface area contributed by atoms with E-state index in [1.807, 2.05) is 23.5 Å². The van der Waals surface area contributed by atoms with E-state index in [-0.39, 0.29) is 17.6 Å². The zero-order valence-electron chi connectivity index (χ0n) is 12.5. The minimum absolute atomic E-state index is 0.0477. The predicted octanol–water partition coefficient (Wildman–Crippen LogP) is 3.54. The van der Waals surface area contributed by atoms with E-state index in [4.69, 9.17) is 0 Å². The molecule has 0 saturated heterocycles. The molecule has 1 aromatic rings. The van der Waals surface area contributed by atoms with E-state index in [2.05, 4.69) is 16.3 Å². The van der Waals surface area contributed by atoms with Gasteiger partial charge in [-0.3, -0.25) is 9.69 Å². The first-order valence-corrected chi connectivity index (χ1v) is 8.91. The highest BCUT2D eigenvalue weighted by Gasteiger charge is 2.49. The van der Waals surface area contributed by atoms with Gasteiger partial charge in [-0.1, -0.05) is 18.2 Å². The van der Waals surface area contributed by atoms with Crippen molar-refractivity contribution in [2.75, 3.05) is 13.1 Å². The summed E-state index contributed by atoms with van der Waals surface area (Å²) in [5, 5.41) is 2.13. The van der Waals surface area contributed by atoms with Crippen LogP contribution in [0.1, 0.15) is 23.3 Å². The third-order valence-corrected chi connectivity index (χ3v) is 6.02. The molecule has 0 spiro atoms. The monoisotopic (exact) mass is 317 g/mol. The lowest BCUT2D eigenvalue weighted by molar-refractivity contribution is -0.131. The lowest BCUT2D eigenvalue weighted by atomic mass is 9.80. The summed E-state index contributed by atoms with van der Waals surface area (Å²) in [4.78, 5) is 16.2. The number of nitrogens with zero attached hydrogens (tertiary/aromatic N) is 1. The number of hydrogen-bond acceptors (Lipinski definition) is 3. The van der Waals surface area contributed by atoms with Crippen molar-refractivity contribution in [1.82, 2.24) is 4.90 Å². The van der Waals surface area contributed by atoms with Gasteiger partial charge in [-0.05, 0) is 42.3 Å². The van der Waals surface area contributed by atoms with Gasteiger partial charge in [0.1, 0.15) is 0 Å². The normalized spacial score (nSPS) is 31.2. The highest BCUT2D eigenvalue weighted by molar-refractivity contribution is 7.10. The SMILES string of the molecule is O=C(C1CC1)C1(F)C=CC=CC1CN1CCc2sccc2C1. The molecule has 0 amide bonds. The molecule has 4 rings (SSSR count). The van der Waals surface area contributed by atoms with E-state index in [1.165, 1.54) is 16.5 Å². The van der Waals surface area contributed by atoms with Crippen LogP contribution in [0, 0.1) is 11.8 Å². The van der Waals surface area contributed by atoms with Gasteiger partial charge in [0.05, 0.1) is 0 Å². The molecule has 1 fully saturated rings. The zero-order chi connectivity index (χ0) is 15.2. The fourth-order valence-electron chi connectivity index (χ4n) is 3.52. The van der Waals surface area contributed by atoms with Crippen LogP contribution in [-0.2, 0) is 17.8 Å². The third kappa shape index (κ3) is 2.48. The van der Waals surface area contributed by atoms with Crippen molar-refractivity contribution in [3.63, 3.8) is 0 Å². The average Bonchev–Trinajstić information content (AvgIpc) is 3.27. The summed E-state index contributed by atoms with van der Waals surface area (Å²) in [6, 6.07) is 2.17. The van der Waals surface area contributed by atoms with Gasteiger partial charge in [0.15, 0.2) is 11.5 Å². The van der Waals surface area contributed by atoms with E-state index in [1.54, 1.807) is 6.08 Å². The number of allylic oxidation sites excluding steroid dienone is 3. The van der Waals surface area contributed by atoms with Crippen LogP contribution in [0.3, 0.4) is 0 Å². The maximum absolute atomic E-state index is 15.4. The summed E-state index contributed by atoms with van der Waals surface area (Å²) in [5.41, 5.74) is -0.435. The fourth-order valence-corrected chi connectivity index (χ4v) is 4.41. The average molecular weight is 317 g/mol. The topological polar surface area (TPSA) is 20.3 Å². The molecule has 1 aromatic heterocycles. The quantitative estimate of drug-likeness (QED) is 0.846. The lowest BCUT2D eigenvalue weighted by Crippen LogP contribution is -2.47. The van der Waals surface area contributed by atoms with Crippen LogP contribution in [-0.4, -0.2) is 29.4 Å². The summed E-state index contributed by atoms with van der Waals surface area (Å²) in [5.74, 6) is -0.606. The van der Waals surface area contributed by atoms with Gasteiger partial charge in [-0.15, -0.1) is 11.3 Å². The van der Waals surface area contributed by atoms with Crippen molar-refractivity contribution in [3.8, 4) is 0 Å². The number of thiophene rings is 1. The predicted molar refractivity (Wildman–Crippen MR) is 86.6 cm³/mol. The molecule has 0 aromatic carbocycles. The summed E-state index contributed by atoms with van der Waals surface area (Å²) in [6.07, 6.45) is 9.68. The minimum Gasteiger partial charge on any atom is -0.298 e. The molecule has 22 heavy (non-hydrogen) atoms. The summed E-state index contributed by atoms with van der Waals surface area (Å²) < 4.78 is 15.4. The van der Waals surface area contributed by atoms with Crippen molar-refractivity contribution in [2.45, 2.75) is 31.5 Å². The molecule has 2 unspecified atom stereocenters. The number of ketones is 1. The first-order chi connectivity index (χ1) is 10.7. The maximum Gasteiger partial charge on any atom is 0.194 e. The number of alkyl halides is 1. The number of halogens is 1. The Bertz CT molecular complexity index is 645. The van der Waals surface area contributed by atoms with Crippen molar-refractivity contribution in [1.29, 1.82) is 0 Å². The molecular formula is C18H20FNOS. The van der Waals surface area contributed by atoms with Gasteiger partial charge in [0.2, 0.25) is 0 Å². The van der Waals surface area contributed by atoms with Crippen molar-refractivity contribution >= 4 is 17.1 Å². The second-order valence-corrected chi connectivity index (χ2v) is 7.61. The van der Waals surface area contributed by atoms with Crippen molar-refractivity contribution in [2.24, 2.45) is 11.8 Å². The Morgan fingerprint density at radius 2 is 2.27 bits per heavy atom. The van der Waals surface area contributed by atoms with Crippen molar-refractivity contribution in [3.05, 3.63) is 46.2 Å². The van der Waals surface area contributed by atoms with Crippen LogP contribution in [0.25, 0.3) is 0 Å². The van der Waals surface area contributed by atoms with E-state index in [0.717, 1.165) is 32.4 Å². The fraction of sp³-hybridized carbons (Fsp3) is 0.500. The van der Waals surface area contributed by atoms with Crippen LogP contribution < -0.4 is 0 Å². The molecule has 0 N–H and O–H groups in total. The van der Waals surface area contributed by atoms with Crippen LogP contribution in [0.2, 0.25) is 0 Å². The Hall–Kier alpha value is -1.26. The number of hydrogen-bond donors (Lipinski definition) is 0. The molecule has 1 saturated carbocycles. The van der Waals surface area contributed by atoms with Crippen molar-refractivity contribution < 1.29 is 9.18 Å². The molecular weight excluding hydrogens is 297 g/mol. The standard InChI is InChI=1S/C18H20FNOS/c19-18(17(21)13-4-5-13)8-2-1-3-15(18)12-20-9-6-16-14(11-20)7-10-22-16/h1-3,7-8,10,13,15H,4-6,9,11-12H2. The number of carbonyl (C=O) groups is 1. The second-order valence-electron chi connectivity index (χ2n) is 6.61. The lowest BCUT2D eigenvalue weighted by Gasteiger charge is -2.35. The zero-order valence-corrected chi connectivity index (χ0v) is 13.3. The Morgan fingerprint density at radius 3 is 3.09 bits per heavy atom. The molecule has 2 atom stereocenters. The molecule has 2 heterocycles. The first-order valence-electron chi connectivity index (χ1n) is 8.03. The van der Waals surface area contributed by atoms with Crippen LogP contribution in [0.5, 0.6) is 0 Å². The number of Topliss-reactive ketones (excluding diaryl/α,β-unsaturated/α-hetero) is 1. The highest BCUT2D eigenvalue weighted by Crippen LogP contribution is 2.41. The van der Waals surface area contributed by atoms with Gasteiger partial charge in [0.25, 0.3) is 0 Å². The summed E-state index contributed by atoms with van der Waals surface area (Å²) in [7, 11) is 0. The summed E-state index contributed by atoms with van der Waals surface area (Å²) in [6.45, 7) is 2.45. The van der Waals surface area contributed by atoms with Crippen LogP contribution in [0.4, 0.5) is 4.39 Å². The molecule has 0 bridgehead atoms. The van der Waals surface area contributed by atoms with Gasteiger partial charge < -0.3 is 0 Å². The Morgan fingerprint density at radius 1 is 1.41 bits per heavy atom. The number of fused-ring (bicyclic) bond motifs is 1. The molecule has 1 aliphatic heterocycles. The molecule has 116 valence electrons. The molecule has 2 aliphatic carbocycles. The number of rotatable bonds is 4. The molecule has 2 nitrogen and oxygen atoms in total. The maximum atomic E-state index is 15.4. The number of carbonyl (C=O) groups excluding carboxylic acids is 1. The Balaban J connectivity index is 1.50. The molecule has 4 heteroatoms. The highest BCUT2D eigenvalue weighted by atomic mass is 32.1. The van der Waals surface area contributed by atoms with Gasteiger partial charge in [-0.25, -0.2) is 4.39 Å². The largest absolute Gasteiger partial charge is 0.298 e. The summed E-state index contributed by atoms with van der Waals surface area (Å²) >= 11 is 1.81. The van der Waals surface area contributed by atoms with E-state index in [0.29, 0.717) is 6.54 Å². The smallest absolute Gasteiger partial charge is 0.194 e. The van der Waals surface area contributed by atoms with Crippen LogP contribution in [0.15, 0.2) is 35.8 Å². The molecule has 0 radical (unpaired) electrons.